The van der Waals surface area contributed by atoms with Gasteiger partial charge in [0.1, 0.15) is 6.26 Å². The lowest BCUT2D eigenvalue weighted by atomic mass is 9.97. The minimum absolute atomic E-state index is 0.176. The number of rotatable bonds is 11. The summed E-state index contributed by atoms with van der Waals surface area (Å²) < 4.78 is 36.2. The zero-order valence-electron chi connectivity index (χ0n) is 23.7. The molecule has 1 saturated heterocycles. The third-order valence-corrected chi connectivity index (χ3v) is 8.48. The van der Waals surface area contributed by atoms with E-state index in [9.17, 15) is 9.36 Å². The van der Waals surface area contributed by atoms with Crippen LogP contribution >= 0.6 is 7.82 Å². The van der Waals surface area contributed by atoms with Crippen molar-refractivity contribution in [3.05, 3.63) is 54.3 Å². The molecule has 3 aromatic heterocycles. The van der Waals surface area contributed by atoms with Crippen LogP contribution in [0.5, 0.6) is 0 Å². The summed E-state index contributed by atoms with van der Waals surface area (Å²) >= 11 is 0. The number of hydrogen-bond donors (Lipinski definition) is 1. The Hall–Kier alpha value is -3.57. The highest BCUT2D eigenvalue weighted by Crippen LogP contribution is 2.50. The van der Waals surface area contributed by atoms with Gasteiger partial charge in [0.15, 0.2) is 5.69 Å². The van der Waals surface area contributed by atoms with E-state index in [-0.39, 0.29) is 30.7 Å². The summed E-state index contributed by atoms with van der Waals surface area (Å²) in [5.41, 5.74) is 4.11. The predicted molar refractivity (Wildman–Crippen MR) is 155 cm³/mol. The SMILES string of the molecule is CCOP(=O)(OCC)OCC1CCN(c2cc3nn(C)cc3cc2NC(=O)c2coc(-c3ccnc(C)c3)n2)CC1. The average Bonchev–Trinajstić information content (AvgIpc) is 3.58. The smallest absolute Gasteiger partial charge is 0.444 e. The van der Waals surface area contributed by atoms with E-state index in [4.69, 9.17) is 18.0 Å². The molecule has 13 heteroatoms. The van der Waals surface area contributed by atoms with Crippen LogP contribution in [0.4, 0.5) is 11.4 Å². The third-order valence-electron chi connectivity index (χ3n) is 6.86. The number of pyridine rings is 1. The number of nitrogens with zero attached hydrogens (tertiary/aromatic N) is 5. The molecule has 1 aromatic carbocycles. The van der Waals surface area contributed by atoms with Crippen LogP contribution < -0.4 is 10.2 Å². The van der Waals surface area contributed by atoms with Crippen LogP contribution in [0, 0.1) is 12.8 Å². The molecule has 4 aromatic rings. The van der Waals surface area contributed by atoms with Crippen LogP contribution in [-0.4, -0.2) is 58.6 Å². The van der Waals surface area contributed by atoms with Gasteiger partial charge in [-0.1, -0.05) is 0 Å². The fraction of sp³-hybridized carbons (Fsp3) is 0.429. The minimum Gasteiger partial charge on any atom is -0.444 e. The van der Waals surface area contributed by atoms with E-state index in [1.54, 1.807) is 30.8 Å². The molecule has 0 aliphatic carbocycles. The second-order valence-electron chi connectivity index (χ2n) is 9.92. The van der Waals surface area contributed by atoms with Crippen LogP contribution in [0.3, 0.4) is 0 Å². The first-order valence-electron chi connectivity index (χ1n) is 13.7. The summed E-state index contributed by atoms with van der Waals surface area (Å²) in [6.45, 7) is 7.62. The maximum Gasteiger partial charge on any atom is 0.474 e. The molecule has 218 valence electrons. The molecule has 1 aliphatic heterocycles. The number of carbonyl (C=O) groups is 1. The van der Waals surface area contributed by atoms with Gasteiger partial charge in [-0.25, -0.2) is 9.55 Å². The van der Waals surface area contributed by atoms with Gasteiger partial charge in [0.05, 0.1) is 36.7 Å². The van der Waals surface area contributed by atoms with Crippen LogP contribution in [0.1, 0.15) is 42.9 Å². The van der Waals surface area contributed by atoms with Crippen molar-refractivity contribution in [3.8, 4) is 11.5 Å². The van der Waals surface area contributed by atoms with E-state index in [1.165, 1.54) is 6.26 Å². The van der Waals surface area contributed by atoms with Crippen molar-refractivity contribution < 1.29 is 27.3 Å². The average molecular weight is 583 g/mol. The maximum atomic E-state index is 13.3. The molecular formula is C28H35N6O6P. The van der Waals surface area contributed by atoms with Crippen molar-refractivity contribution >= 4 is 36.0 Å². The highest BCUT2D eigenvalue weighted by atomic mass is 31.2. The number of phosphoric ester groups is 1. The number of piperidine rings is 1. The Morgan fingerprint density at radius 3 is 2.61 bits per heavy atom. The number of carbonyl (C=O) groups excluding carboxylic acids is 1. The Morgan fingerprint density at radius 2 is 1.90 bits per heavy atom. The first-order valence-corrected chi connectivity index (χ1v) is 15.2. The van der Waals surface area contributed by atoms with E-state index in [0.717, 1.165) is 53.8 Å². The topological polar surface area (TPSA) is 134 Å². The lowest BCUT2D eigenvalue weighted by Crippen LogP contribution is -2.35. The molecule has 0 unspecified atom stereocenters. The molecule has 41 heavy (non-hydrogen) atoms. The second-order valence-corrected chi connectivity index (χ2v) is 11.6. The van der Waals surface area contributed by atoms with Crippen molar-refractivity contribution in [2.45, 2.75) is 33.6 Å². The number of aryl methyl sites for hydroxylation is 2. The summed E-state index contributed by atoms with van der Waals surface area (Å²) in [6.07, 6.45) is 6.56. The predicted octanol–water partition coefficient (Wildman–Crippen LogP) is 5.60. The van der Waals surface area contributed by atoms with E-state index in [1.807, 2.05) is 38.4 Å². The van der Waals surface area contributed by atoms with Crippen LogP contribution in [-0.2, 0) is 25.2 Å². The number of aromatic nitrogens is 4. The molecule has 0 bridgehead atoms. The van der Waals surface area contributed by atoms with Crippen molar-refractivity contribution in [1.29, 1.82) is 0 Å². The Balaban J connectivity index is 1.31. The standard InChI is InChI=1S/C28H35N6O6P/c1-5-38-41(36,39-6-2)40-17-20-8-11-34(12-9-20)26-15-23-22(16-33(4)32-23)14-24(26)30-27(35)25-18-37-28(31-25)21-7-10-29-19(3)13-21/h7,10,13-16,18,20H,5-6,8-9,11-12,17H2,1-4H3,(H,30,35). The molecule has 1 N–H and O–H groups in total. The summed E-state index contributed by atoms with van der Waals surface area (Å²) in [4.78, 5) is 24.1. The van der Waals surface area contributed by atoms with Crippen LogP contribution in [0.25, 0.3) is 22.4 Å². The van der Waals surface area contributed by atoms with Gasteiger partial charge in [-0.15, -0.1) is 0 Å². The summed E-state index contributed by atoms with van der Waals surface area (Å²) in [5, 5.41) is 8.51. The molecule has 5 rings (SSSR count). The monoisotopic (exact) mass is 582 g/mol. The van der Waals surface area contributed by atoms with Gasteiger partial charge in [-0.2, -0.15) is 5.10 Å². The Bertz CT molecular complexity index is 1550. The molecule has 1 fully saturated rings. The maximum absolute atomic E-state index is 13.3. The number of phosphoric acid groups is 1. The molecule has 1 aliphatic rings. The van der Waals surface area contributed by atoms with Gasteiger partial charge in [0.2, 0.25) is 5.89 Å². The first-order chi connectivity index (χ1) is 19.8. The molecule has 0 atom stereocenters. The normalized spacial score (nSPS) is 14.6. The van der Waals surface area contributed by atoms with Crippen LogP contribution in [0.15, 0.2) is 47.3 Å². The van der Waals surface area contributed by atoms with Gasteiger partial charge in [0, 0.05) is 49.2 Å². The Labute approximate surface area is 238 Å². The first kappa shape index (κ1) is 28.9. The van der Waals surface area contributed by atoms with E-state index in [2.05, 4.69) is 25.3 Å². The van der Waals surface area contributed by atoms with E-state index >= 15 is 0 Å². The number of nitrogens with one attached hydrogen (secondary N) is 1. The van der Waals surface area contributed by atoms with Gasteiger partial charge >= 0.3 is 7.82 Å². The van der Waals surface area contributed by atoms with E-state index < -0.39 is 7.82 Å². The number of amides is 1. The lowest BCUT2D eigenvalue weighted by molar-refractivity contribution is 0.101. The molecule has 4 heterocycles. The summed E-state index contributed by atoms with van der Waals surface area (Å²) in [5.74, 6) is 0.176. The fourth-order valence-electron chi connectivity index (χ4n) is 4.89. The number of benzene rings is 1. The highest BCUT2D eigenvalue weighted by Gasteiger charge is 2.29. The molecule has 0 spiro atoms. The van der Waals surface area contributed by atoms with Crippen molar-refractivity contribution in [1.82, 2.24) is 19.7 Å². The number of fused-ring (bicyclic) bond motifs is 1. The number of anilines is 2. The number of hydrogen-bond acceptors (Lipinski definition) is 10. The summed E-state index contributed by atoms with van der Waals surface area (Å²) in [7, 11) is -1.68. The number of oxazole rings is 1. The Morgan fingerprint density at radius 1 is 1.15 bits per heavy atom. The third kappa shape index (κ3) is 6.84. The Kier molecular flexibility index (Phi) is 8.84. The van der Waals surface area contributed by atoms with Gasteiger partial charge in [0.25, 0.3) is 5.91 Å². The quantitative estimate of drug-likeness (QED) is 0.223. The molecule has 0 radical (unpaired) electrons. The van der Waals surface area contributed by atoms with Gasteiger partial charge in [-0.05, 0) is 63.8 Å². The van der Waals surface area contributed by atoms with Crippen molar-refractivity contribution in [3.63, 3.8) is 0 Å². The van der Waals surface area contributed by atoms with Gasteiger partial charge < -0.3 is 14.6 Å². The minimum atomic E-state index is -3.55. The van der Waals surface area contributed by atoms with Crippen molar-refractivity contribution in [2.24, 2.45) is 13.0 Å². The van der Waals surface area contributed by atoms with E-state index in [0.29, 0.717) is 18.2 Å². The van der Waals surface area contributed by atoms with Gasteiger partial charge in [-0.3, -0.25) is 28.0 Å². The highest BCUT2D eigenvalue weighted by molar-refractivity contribution is 7.48. The molecule has 0 saturated carbocycles. The van der Waals surface area contributed by atoms with Crippen LogP contribution in [0.2, 0.25) is 0 Å². The zero-order valence-corrected chi connectivity index (χ0v) is 24.6. The fourth-order valence-corrected chi connectivity index (χ4v) is 6.14. The largest absolute Gasteiger partial charge is 0.474 e. The molecule has 1 amide bonds. The zero-order chi connectivity index (χ0) is 29.0. The lowest BCUT2D eigenvalue weighted by Gasteiger charge is -2.35. The molecule has 12 nitrogen and oxygen atoms in total. The molecular weight excluding hydrogens is 547 g/mol. The second kappa shape index (κ2) is 12.5. The van der Waals surface area contributed by atoms with Crippen molar-refractivity contribution in [2.75, 3.05) is 43.1 Å². The summed E-state index contributed by atoms with van der Waals surface area (Å²) in [6, 6.07) is 7.56.